The van der Waals surface area contributed by atoms with Crippen LogP contribution in [-0.2, 0) is 14.3 Å². The number of likely N-dealkylation sites (tertiary alicyclic amines) is 1. The summed E-state index contributed by atoms with van der Waals surface area (Å²) in [5.41, 5.74) is -0.564. The van der Waals surface area contributed by atoms with E-state index in [2.05, 4.69) is 5.32 Å². The number of methoxy groups -OCH3 is 1. The number of carboxylic acids is 1. The predicted molar refractivity (Wildman–Crippen MR) is 130 cm³/mol. The summed E-state index contributed by atoms with van der Waals surface area (Å²) in [6.45, 7) is 7.60. The first kappa shape index (κ1) is 27.9. The van der Waals surface area contributed by atoms with Gasteiger partial charge in [0.2, 0.25) is 0 Å². The van der Waals surface area contributed by atoms with Crippen LogP contribution in [0.25, 0.3) is 0 Å². The average molecular weight is 469 g/mol. The highest BCUT2D eigenvalue weighted by atomic mass is 16.6. The highest BCUT2D eigenvalue weighted by Crippen LogP contribution is 2.28. The fraction of sp³-hybridized carbons (Fsp3) is 0.923. The van der Waals surface area contributed by atoms with E-state index in [1.807, 2.05) is 20.8 Å². The van der Waals surface area contributed by atoms with Crippen LogP contribution in [0.3, 0.4) is 0 Å². The number of nitrogens with one attached hydrogen (secondary N) is 1. The van der Waals surface area contributed by atoms with Crippen molar-refractivity contribution in [2.75, 3.05) is 13.7 Å². The lowest BCUT2D eigenvalue weighted by Crippen LogP contribution is -2.49. The molecule has 0 radical (unpaired) electrons. The maximum absolute atomic E-state index is 12.2. The summed E-state index contributed by atoms with van der Waals surface area (Å²) in [5.74, 6) is -1.60. The molecule has 0 aromatic carbocycles. The number of ether oxygens (including phenoxy) is 2. The van der Waals surface area contributed by atoms with Crippen LogP contribution in [-0.4, -0.2) is 65.6 Å². The van der Waals surface area contributed by atoms with Crippen molar-refractivity contribution in [3.63, 3.8) is 0 Å². The minimum Gasteiger partial charge on any atom is -0.481 e. The van der Waals surface area contributed by atoms with E-state index < -0.39 is 29.7 Å². The highest BCUT2D eigenvalue weighted by Gasteiger charge is 2.41. The fourth-order valence-corrected chi connectivity index (χ4v) is 5.39. The monoisotopic (exact) mass is 468 g/mol. The molecule has 0 bridgehead atoms. The molecule has 1 aliphatic heterocycles. The molecule has 3 aliphatic rings. The summed E-state index contributed by atoms with van der Waals surface area (Å²) in [5, 5.41) is 13.0. The van der Waals surface area contributed by atoms with Crippen LogP contribution in [0.2, 0.25) is 0 Å². The van der Waals surface area contributed by atoms with Crippen LogP contribution >= 0.6 is 0 Å². The molecule has 2 aliphatic carbocycles. The largest absolute Gasteiger partial charge is 0.481 e. The van der Waals surface area contributed by atoms with E-state index in [4.69, 9.17) is 14.6 Å². The van der Waals surface area contributed by atoms with Crippen molar-refractivity contribution in [1.29, 1.82) is 0 Å². The van der Waals surface area contributed by atoms with E-state index in [9.17, 15) is 9.59 Å². The third-order valence-corrected chi connectivity index (χ3v) is 7.14. The molecule has 3 atom stereocenters. The number of carbonyl (C=O) groups is 2. The molecule has 0 aromatic rings. The lowest BCUT2D eigenvalue weighted by molar-refractivity contribution is -0.147. The topological polar surface area (TPSA) is 88.1 Å². The molecule has 1 saturated heterocycles. The summed E-state index contributed by atoms with van der Waals surface area (Å²) in [7, 11) is 1.48. The Kier molecular flexibility index (Phi) is 11.4. The van der Waals surface area contributed by atoms with Crippen LogP contribution in [0.15, 0.2) is 0 Å². The minimum absolute atomic E-state index is 0.249. The molecule has 7 nitrogen and oxygen atoms in total. The maximum Gasteiger partial charge on any atom is 0.410 e. The van der Waals surface area contributed by atoms with Crippen molar-refractivity contribution in [1.82, 2.24) is 10.2 Å². The Morgan fingerprint density at radius 2 is 1.42 bits per heavy atom. The van der Waals surface area contributed by atoms with E-state index in [-0.39, 0.29) is 6.04 Å². The van der Waals surface area contributed by atoms with Crippen molar-refractivity contribution < 1.29 is 24.2 Å². The van der Waals surface area contributed by atoms with Crippen molar-refractivity contribution in [2.24, 2.45) is 5.92 Å². The van der Waals surface area contributed by atoms with Crippen molar-refractivity contribution in [3.05, 3.63) is 0 Å². The fourth-order valence-electron chi connectivity index (χ4n) is 5.39. The molecular formula is C26H48N2O5. The average Bonchev–Trinajstić information content (AvgIpc) is 3.25. The Labute approximate surface area is 201 Å². The summed E-state index contributed by atoms with van der Waals surface area (Å²) >= 11 is 0. The summed E-state index contributed by atoms with van der Waals surface area (Å²) in [4.78, 5) is 24.9. The molecule has 7 heteroatoms. The van der Waals surface area contributed by atoms with Gasteiger partial charge in [0, 0.05) is 25.7 Å². The van der Waals surface area contributed by atoms with Gasteiger partial charge in [0.15, 0.2) is 0 Å². The van der Waals surface area contributed by atoms with Gasteiger partial charge < -0.3 is 24.8 Å². The SMILES string of the molecule is C1CCC(NC2CCCCC2)CC1.CO[C@@H]([C@H](C)C(=O)O)[C@@H]1CCCN1C(=O)OC(C)(C)C. The molecule has 0 unspecified atom stereocenters. The van der Waals surface area contributed by atoms with Crippen LogP contribution in [0.1, 0.15) is 105 Å². The third-order valence-electron chi connectivity index (χ3n) is 7.14. The first-order valence-electron chi connectivity index (χ1n) is 13.1. The second kappa shape index (κ2) is 13.5. The zero-order valence-electron chi connectivity index (χ0n) is 21.6. The van der Waals surface area contributed by atoms with Crippen LogP contribution in [0, 0.1) is 5.92 Å². The Morgan fingerprint density at radius 1 is 0.909 bits per heavy atom. The Balaban J connectivity index is 0.000000254. The number of carbonyl (C=O) groups excluding carboxylic acids is 1. The first-order chi connectivity index (χ1) is 15.6. The minimum atomic E-state index is -0.923. The van der Waals surface area contributed by atoms with E-state index >= 15 is 0 Å². The van der Waals surface area contributed by atoms with Gasteiger partial charge in [-0.2, -0.15) is 0 Å². The first-order valence-corrected chi connectivity index (χ1v) is 13.1. The van der Waals surface area contributed by atoms with Gasteiger partial charge in [0.25, 0.3) is 0 Å². The van der Waals surface area contributed by atoms with E-state index in [0.29, 0.717) is 6.54 Å². The number of carboxylic acid groups (broad SMARTS) is 1. The van der Waals surface area contributed by atoms with E-state index in [0.717, 1.165) is 24.9 Å². The zero-order valence-corrected chi connectivity index (χ0v) is 21.6. The normalized spacial score (nSPS) is 24.5. The number of nitrogens with zero attached hydrogens (tertiary/aromatic N) is 1. The summed E-state index contributed by atoms with van der Waals surface area (Å²) in [6, 6.07) is 1.50. The second-order valence-electron chi connectivity index (χ2n) is 11.0. The Morgan fingerprint density at radius 3 is 1.85 bits per heavy atom. The van der Waals surface area contributed by atoms with Gasteiger partial charge in [-0.25, -0.2) is 4.79 Å². The zero-order chi connectivity index (χ0) is 24.4. The number of hydrogen-bond acceptors (Lipinski definition) is 5. The van der Waals surface area contributed by atoms with Gasteiger partial charge in [0.1, 0.15) is 5.60 Å². The second-order valence-corrected chi connectivity index (χ2v) is 11.0. The van der Waals surface area contributed by atoms with Gasteiger partial charge in [0.05, 0.1) is 18.1 Å². The summed E-state index contributed by atoms with van der Waals surface area (Å²) < 4.78 is 10.7. The molecule has 0 spiro atoms. The molecule has 33 heavy (non-hydrogen) atoms. The molecule has 3 fully saturated rings. The third kappa shape index (κ3) is 9.44. The molecule has 0 aromatic heterocycles. The van der Waals surface area contributed by atoms with Crippen molar-refractivity contribution in [2.45, 2.75) is 135 Å². The molecule has 2 saturated carbocycles. The smallest absolute Gasteiger partial charge is 0.410 e. The Hall–Kier alpha value is -1.34. The van der Waals surface area contributed by atoms with Gasteiger partial charge in [-0.1, -0.05) is 38.5 Å². The number of hydrogen-bond donors (Lipinski definition) is 2. The van der Waals surface area contributed by atoms with E-state index in [1.165, 1.54) is 71.3 Å². The number of rotatable bonds is 6. The van der Waals surface area contributed by atoms with Crippen LogP contribution < -0.4 is 5.32 Å². The number of amides is 1. The van der Waals surface area contributed by atoms with Gasteiger partial charge >= 0.3 is 12.1 Å². The molecule has 1 heterocycles. The van der Waals surface area contributed by atoms with Crippen molar-refractivity contribution in [3.8, 4) is 0 Å². The molecular weight excluding hydrogens is 420 g/mol. The van der Waals surface area contributed by atoms with Gasteiger partial charge in [-0.3, -0.25) is 4.79 Å². The van der Waals surface area contributed by atoms with E-state index in [1.54, 1.807) is 11.8 Å². The quantitative estimate of drug-likeness (QED) is 0.545. The van der Waals surface area contributed by atoms with Gasteiger partial charge in [-0.05, 0) is 66.2 Å². The standard InChI is InChI=1S/C14H25NO5.C12H23N/c1-9(12(16)17)11(19-5)10-7-6-8-15(10)13(18)20-14(2,3)4;1-3-7-11(8-4-1)13-12-9-5-2-6-10-12/h9-11H,6-8H2,1-5H3,(H,16,17);11-13H,1-10H2/t9-,10-,11-;/m0./s1. The Bertz CT molecular complexity index is 578. The molecule has 192 valence electrons. The predicted octanol–water partition coefficient (Wildman–Crippen LogP) is 5.36. The lowest BCUT2D eigenvalue weighted by Gasteiger charge is -2.34. The van der Waals surface area contributed by atoms with Crippen molar-refractivity contribution >= 4 is 12.1 Å². The van der Waals surface area contributed by atoms with Crippen LogP contribution in [0.5, 0.6) is 0 Å². The maximum atomic E-state index is 12.2. The molecule has 3 rings (SSSR count). The van der Waals surface area contributed by atoms with Gasteiger partial charge in [-0.15, -0.1) is 0 Å². The molecule has 2 N–H and O–H groups in total. The van der Waals surface area contributed by atoms with Crippen LogP contribution in [0.4, 0.5) is 4.79 Å². The summed E-state index contributed by atoms with van der Waals surface area (Å²) in [6.07, 6.45) is 15.2. The lowest BCUT2D eigenvalue weighted by atomic mass is 9.91. The number of aliphatic carboxylic acids is 1. The molecule has 1 amide bonds. The highest BCUT2D eigenvalue weighted by molar-refractivity contribution is 5.71.